The van der Waals surface area contributed by atoms with Crippen LogP contribution in [0.2, 0.25) is 0 Å². The van der Waals surface area contributed by atoms with Gasteiger partial charge >= 0.3 is 0 Å². The fourth-order valence-electron chi connectivity index (χ4n) is 8.47. The average molecular weight is 411 g/mol. The van der Waals surface area contributed by atoms with E-state index in [-0.39, 0.29) is 0 Å². The Morgan fingerprint density at radius 2 is 1.50 bits per heavy atom. The molecule has 3 rings (SSSR count). The van der Waals surface area contributed by atoms with Crippen LogP contribution in [0.5, 0.6) is 0 Å². The number of hydrogen-bond acceptors (Lipinski definition) is 0. The van der Waals surface area contributed by atoms with Gasteiger partial charge in [0, 0.05) is 0 Å². The van der Waals surface area contributed by atoms with Crippen molar-refractivity contribution in [2.45, 2.75) is 119 Å². The summed E-state index contributed by atoms with van der Waals surface area (Å²) >= 11 is 0. The second kappa shape index (κ2) is 8.99. The summed E-state index contributed by atoms with van der Waals surface area (Å²) < 4.78 is 0. The Morgan fingerprint density at radius 1 is 0.800 bits per heavy atom. The number of fused-ring (bicyclic) bond motifs is 3. The maximum Gasteiger partial charge on any atom is -0.0149 e. The van der Waals surface area contributed by atoms with Gasteiger partial charge in [0.15, 0.2) is 0 Å². The third-order valence-electron chi connectivity index (χ3n) is 9.92. The van der Waals surface area contributed by atoms with Crippen LogP contribution in [-0.2, 0) is 0 Å². The molecular weight excluding hydrogens is 360 g/mol. The van der Waals surface area contributed by atoms with Crippen LogP contribution in [0.1, 0.15) is 119 Å². The number of hydrogen-bond donors (Lipinski definition) is 0. The van der Waals surface area contributed by atoms with Gasteiger partial charge in [-0.15, -0.1) is 0 Å². The molecule has 0 unspecified atom stereocenters. The molecule has 5 atom stereocenters. The quantitative estimate of drug-likeness (QED) is 0.366. The lowest BCUT2D eigenvalue weighted by Crippen LogP contribution is -2.54. The second-order valence-corrected chi connectivity index (χ2v) is 12.7. The van der Waals surface area contributed by atoms with Crippen molar-refractivity contribution in [2.75, 3.05) is 0 Å². The molecule has 0 saturated heterocycles. The Kier molecular flexibility index (Phi) is 7.16. The summed E-state index contributed by atoms with van der Waals surface area (Å²) in [5.41, 5.74) is 6.14. The molecule has 0 spiro atoms. The molecule has 0 nitrogen and oxygen atoms in total. The molecule has 0 aromatic heterocycles. The first-order valence-electron chi connectivity index (χ1n) is 13.0. The first kappa shape index (κ1) is 23.9. The van der Waals surface area contributed by atoms with Gasteiger partial charge in [-0.3, -0.25) is 0 Å². The van der Waals surface area contributed by atoms with Gasteiger partial charge in [-0.05, 0) is 119 Å². The zero-order valence-electron chi connectivity index (χ0n) is 21.4. The van der Waals surface area contributed by atoms with E-state index < -0.39 is 0 Å². The molecule has 3 aliphatic carbocycles. The molecule has 0 aromatic rings. The summed E-state index contributed by atoms with van der Waals surface area (Å²) in [6.07, 6.45) is 19.7. The Balaban J connectivity index is 1.62. The Hall–Kier alpha value is -0.780. The van der Waals surface area contributed by atoms with Crippen LogP contribution in [0.15, 0.2) is 35.5 Å². The molecule has 0 amide bonds. The van der Waals surface area contributed by atoms with Gasteiger partial charge in [-0.1, -0.05) is 69.6 Å². The van der Waals surface area contributed by atoms with Crippen LogP contribution < -0.4 is 0 Å². The molecular formula is C30H50. The highest BCUT2D eigenvalue weighted by atomic mass is 14.7. The van der Waals surface area contributed by atoms with Gasteiger partial charge in [0.05, 0.1) is 0 Å². The van der Waals surface area contributed by atoms with Crippen molar-refractivity contribution in [3.8, 4) is 0 Å². The molecule has 3 saturated carbocycles. The van der Waals surface area contributed by atoms with Crippen molar-refractivity contribution in [3.05, 3.63) is 35.5 Å². The summed E-state index contributed by atoms with van der Waals surface area (Å²) in [5.74, 6) is 2.59. The van der Waals surface area contributed by atoms with Gasteiger partial charge in [0.25, 0.3) is 0 Å². The SMILES string of the molecule is C=C(CC/C=C(\C)CCC=C(C)C)[C@@H]1CC[C@@H]2[C@]3(C)CCCC(C)(C)[C@H]3CC[C@]21C. The highest BCUT2D eigenvalue weighted by Crippen LogP contribution is 2.70. The standard InChI is InChI=1S/C30H50/c1-22(2)12-9-13-23(3)14-10-15-24(4)25-16-17-27-29(25,7)21-18-26-28(5,6)19-11-20-30(26,27)8/h12,14,25-27H,4,9-11,13,15-21H2,1-3,5-8H3/b23-14+/t25-,26+,27-,29-,30+/m0/s1. The molecule has 30 heavy (non-hydrogen) atoms. The van der Waals surface area contributed by atoms with Gasteiger partial charge < -0.3 is 0 Å². The highest BCUT2D eigenvalue weighted by molar-refractivity contribution is 5.18. The molecule has 0 heterocycles. The Labute approximate surface area is 188 Å². The summed E-state index contributed by atoms with van der Waals surface area (Å²) in [7, 11) is 0. The lowest BCUT2D eigenvalue weighted by molar-refractivity contribution is -0.123. The van der Waals surface area contributed by atoms with E-state index >= 15 is 0 Å². The van der Waals surface area contributed by atoms with Gasteiger partial charge in [-0.25, -0.2) is 0 Å². The van der Waals surface area contributed by atoms with Crippen molar-refractivity contribution in [1.29, 1.82) is 0 Å². The van der Waals surface area contributed by atoms with E-state index in [1.165, 1.54) is 76.2 Å². The minimum Gasteiger partial charge on any atom is -0.0995 e. The molecule has 0 aromatic carbocycles. The van der Waals surface area contributed by atoms with Crippen molar-refractivity contribution in [1.82, 2.24) is 0 Å². The minimum absolute atomic E-state index is 0.498. The molecule has 3 fully saturated rings. The fraction of sp³-hybridized carbons (Fsp3) is 0.800. The molecule has 0 aliphatic heterocycles. The van der Waals surface area contributed by atoms with Crippen molar-refractivity contribution >= 4 is 0 Å². The molecule has 0 bridgehead atoms. The lowest BCUT2D eigenvalue weighted by Gasteiger charge is -2.62. The van der Waals surface area contributed by atoms with Crippen LogP contribution >= 0.6 is 0 Å². The monoisotopic (exact) mass is 410 g/mol. The minimum atomic E-state index is 0.498. The van der Waals surface area contributed by atoms with Crippen molar-refractivity contribution in [2.24, 2.45) is 34.0 Å². The van der Waals surface area contributed by atoms with E-state index in [9.17, 15) is 0 Å². The number of rotatable bonds is 7. The first-order chi connectivity index (χ1) is 14.0. The third-order valence-corrected chi connectivity index (χ3v) is 9.92. The van der Waals surface area contributed by atoms with Crippen molar-refractivity contribution in [3.63, 3.8) is 0 Å². The summed E-state index contributed by atoms with van der Waals surface area (Å²) in [6.45, 7) is 21.8. The van der Waals surface area contributed by atoms with E-state index in [0.717, 1.165) is 17.8 Å². The molecule has 170 valence electrons. The van der Waals surface area contributed by atoms with E-state index in [2.05, 4.69) is 67.2 Å². The number of allylic oxidation sites excluding steroid dienone is 5. The van der Waals surface area contributed by atoms with E-state index in [1.54, 1.807) is 11.1 Å². The largest absolute Gasteiger partial charge is 0.0995 e. The average Bonchev–Trinajstić information content (AvgIpc) is 2.99. The molecule has 0 N–H and O–H groups in total. The van der Waals surface area contributed by atoms with Gasteiger partial charge in [0.1, 0.15) is 0 Å². The highest BCUT2D eigenvalue weighted by Gasteiger charge is 2.62. The van der Waals surface area contributed by atoms with Crippen LogP contribution in [0.4, 0.5) is 0 Å². The zero-order chi connectivity index (χ0) is 22.2. The predicted octanol–water partition coefficient (Wildman–Crippen LogP) is 9.67. The van der Waals surface area contributed by atoms with Crippen molar-refractivity contribution < 1.29 is 0 Å². The molecule has 3 aliphatic rings. The van der Waals surface area contributed by atoms with Crippen LogP contribution in [-0.4, -0.2) is 0 Å². The summed E-state index contributed by atoms with van der Waals surface area (Å²) in [5, 5.41) is 0. The first-order valence-corrected chi connectivity index (χ1v) is 13.0. The lowest BCUT2D eigenvalue weighted by atomic mass is 9.43. The topological polar surface area (TPSA) is 0 Å². The Morgan fingerprint density at radius 3 is 2.20 bits per heavy atom. The van der Waals surface area contributed by atoms with Gasteiger partial charge in [-0.2, -0.15) is 0 Å². The summed E-state index contributed by atoms with van der Waals surface area (Å²) in [4.78, 5) is 0. The molecule has 0 heteroatoms. The smallest absolute Gasteiger partial charge is 0.0149 e. The predicted molar refractivity (Wildman–Crippen MR) is 134 cm³/mol. The van der Waals surface area contributed by atoms with Crippen LogP contribution in [0, 0.1) is 34.0 Å². The van der Waals surface area contributed by atoms with Crippen LogP contribution in [0.3, 0.4) is 0 Å². The maximum absolute atomic E-state index is 4.67. The third kappa shape index (κ3) is 4.54. The van der Waals surface area contributed by atoms with E-state index in [1.807, 2.05) is 0 Å². The Bertz CT molecular complexity index is 685. The van der Waals surface area contributed by atoms with Crippen LogP contribution in [0.25, 0.3) is 0 Å². The second-order valence-electron chi connectivity index (χ2n) is 12.7. The fourth-order valence-corrected chi connectivity index (χ4v) is 8.47. The van der Waals surface area contributed by atoms with E-state index in [4.69, 9.17) is 0 Å². The van der Waals surface area contributed by atoms with E-state index in [0.29, 0.717) is 16.2 Å². The summed E-state index contributed by atoms with van der Waals surface area (Å²) in [6, 6.07) is 0. The zero-order valence-corrected chi connectivity index (χ0v) is 21.4. The normalized spacial score (nSPS) is 38.0. The molecule has 0 radical (unpaired) electrons. The maximum atomic E-state index is 4.67. The van der Waals surface area contributed by atoms with Gasteiger partial charge in [0.2, 0.25) is 0 Å².